The van der Waals surface area contributed by atoms with Gasteiger partial charge in [0, 0.05) is 29.9 Å². The van der Waals surface area contributed by atoms with Crippen molar-refractivity contribution in [3.8, 4) is 0 Å². The van der Waals surface area contributed by atoms with Gasteiger partial charge < -0.3 is 25.1 Å². The van der Waals surface area contributed by atoms with Crippen LogP contribution < -0.4 is 10.6 Å². The van der Waals surface area contributed by atoms with Crippen LogP contribution in [0.5, 0.6) is 0 Å². The lowest BCUT2D eigenvalue weighted by Crippen LogP contribution is -2.41. The Morgan fingerprint density at radius 1 is 0.900 bits per heavy atom. The highest BCUT2D eigenvalue weighted by atomic mass is 16.6. The molecule has 13 nitrogen and oxygen atoms in total. The van der Waals surface area contributed by atoms with Crippen LogP contribution in [0.4, 0.5) is 15.3 Å². The second-order valence-electron chi connectivity index (χ2n) is 14.2. The van der Waals surface area contributed by atoms with Gasteiger partial charge in [0.1, 0.15) is 23.6 Å². The average Bonchev–Trinajstić information content (AvgIpc) is 3.45. The number of fused-ring (bicyclic) bond motifs is 1. The Labute approximate surface area is 294 Å². The first kappa shape index (κ1) is 39.5. The summed E-state index contributed by atoms with van der Waals surface area (Å²) in [5, 5.41) is 5.47. The molecule has 0 aliphatic carbocycles. The number of nitrogens with one attached hydrogen (secondary N) is 3. The number of ketones is 1. The summed E-state index contributed by atoms with van der Waals surface area (Å²) < 4.78 is 11.0. The molecule has 1 aromatic heterocycles. The van der Waals surface area contributed by atoms with E-state index in [0.717, 1.165) is 6.42 Å². The Morgan fingerprint density at radius 2 is 1.54 bits per heavy atom. The highest BCUT2D eigenvalue weighted by Crippen LogP contribution is 2.25. The van der Waals surface area contributed by atoms with Crippen molar-refractivity contribution >= 4 is 46.5 Å². The first-order valence-electron chi connectivity index (χ1n) is 17.0. The van der Waals surface area contributed by atoms with Gasteiger partial charge in [-0.3, -0.25) is 24.2 Å². The Bertz CT molecular complexity index is 1700. The lowest BCUT2D eigenvalue weighted by molar-refractivity contribution is -0.117. The van der Waals surface area contributed by atoms with Gasteiger partial charge in [0.15, 0.2) is 5.78 Å². The van der Waals surface area contributed by atoms with Crippen molar-refractivity contribution in [3.63, 3.8) is 0 Å². The van der Waals surface area contributed by atoms with E-state index in [2.05, 4.69) is 20.6 Å². The maximum absolute atomic E-state index is 13.2. The molecule has 0 aliphatic rings. The number of amides is 4. The third kappa shape index (κ3) is 11.0. The number of Topliss-reactive ketones (excluding diaryl/α,β-unsaturated/α-hetero) is 1. The van der Waals surface area contributed by atoms with E-state index < -0.39 is 41.2 Å². The van der Waals surface area contributed by atoms with Crippen molar-refractivity contribution in [2.24, 2.45) is 0 Å². The van der Waals surface area contributed by atoms with E-state index in [1.807, 2.05) is 41.5 Å². The number of aromatic amines is 1. The zero-order valence-electron chi connectivity index (χ0n) is 31.0. The van der Waals surface area contributed by atoms with Gasteiger partial charge in [-0.1, -0.05) is 19.9 Å². The maximum Gasteiger partial charge on any atom is 0.410 e. The van der Waals surface area contributed by atoms with Crippen LogP contribution in [0.15, 0.2) is 36.4 Å². The van der Waals surface area contributed by atoms with Crippen LogP contribution >= 0.6 is 0 Å². The number of ether oxygens (including phenoxy) is 2. The fourth-order valence-electron chi connectivity index (χ4n) is 5.12. The number of benzene rings is 2. The third-order valence-electron chi connectivity index (χ3n) is 7.52. The van der Waals surface area contributed by atoms with Crippen molar-refractivity contribution in [2.45, 2.75) is 99.3 Å². The fraction of sp³-hybridized carbons (Fsp3) is 0.514. The van der Waals surface area contributed by atoms with Gasteiger partial charge in [0.05, 0.1) is 23.6 Å². The Hall–Kier alpha value is -4.94. The fourth-order valence-corrected chi connectivity index (χ4v) is 5.12. The first-order valence-corrected chi connectivity index (χ1v) is 17.0. The maximum atomic E-state index is 13.2. The minimum absolute atomic E-state index is 0.213. The van der Waals surface area contributed by atoms with Crippen LogP contribution in [-0.4, -0.2) is 86.9 Å². The van der Waals surface area contributed by atoms with E-state index in [9.17, 15) is 24.0 Å². The highest BCUT2D eigenvalue weighted by Gasteiger charge is 2.28. The standard InChI is InChI=1S/C37H52N6O7/c1-11-18-42(34(47)49-36(5,6)7)22-31(45)39-27-15-13-14-26(23(27)3)33(46)38-21-30(44)25-16-17-28-29(20-25)41-32(40-28)24(4)43(19-12-2)35(48)50-37(8,9)10/h13-17,20,24H,11-12,18-19,21-22H2,1-10H3,(H,38,46)(H,39,45)(H,40,41)/t24-/m0/s1. The van der Waals surface area contributed by atoms with Crippen LogP contribution in [0.2, 0.25) is 0 Å². The summed E-state index contributed by atoms with van der Waals surface area (Å²) in [5.74, 6) is -0.673. The second kappa shape index (κ2) is 16.6. The lowest BCUT2D eigenvalue weighted by atomic mass is 10.1. The molecule has 3 rings (SSSR count). The number of aromatic nitrogens is 2. The van der Waals surface area contributed by atoms with Crippen molar-refractivity contribution < 1.29 is 33.4 Å². The molecule has 3 aromatic rings. The quantitative estimate of drug-likeness (QED) is 0.165. The summed E-state index contributed by atoms with van der Waals surface area (Å²) in [5.41, 5.74) is 1.49. The summed E-state index contributed by atoms with van der Waals surface area (Å²) in [4.78, 5) is 75.6. The molecule has 1 atom stereocenters. The number of imidazole rings is 1. The number of carbonyl (C=O) groups excluding carboxylic acids is 5. The molecule has 0 saturated carbocycles. The van der Waals surface area contributed by atoms with E-state index >= 15 is 0 Å². The van der Waals surface area contributed by atoms with Crippen molar-refractivity contribution in [2.75, 3.05) is 31.5 Å². The van der Waals surface area contributed by atoms with E-state index in [4.69, 9.17) is 9.47 Å². The monoisotopic (exact) mass is 692 g/mol. The highest BCUT2D eigenvalue weighted by molar-refractivity contribution is 6.05. The van der Waals surface area contributed by atoms with Gasteiger partial charge in [-0.25, -0.2) is 14.6 Å². The first-order chi connectivity index (χ1) is 23.3. The topological polar surface area (TPSA) is 163 Å². The van der Waals surface area contributed by atoms with Crippen LogP contribution in [0.1, 0.15) is 113 Å². The minimum Gasteiger partial charge on any atom is -0.444 e. The minimum atomic E-state index is -0.700. The molecular formula is C37H52N6O7. The molecule has 2 aromatic carbocycles. The molecular weight excluding hydrogens is 640 g/mol. The van der Waals surface area contributed by atoms with Gasteiger partial charge in [-0.2, -0.15) is 0 Å². The summed E-state index contributed by atoms with van der Waals surface area (Å²) in [7, 11) is 0. The molecule has 50 heavy (non-hydrogen) atoms. The molecule has 0 aliphatic heterocycles. The predicted octanol–water partition coefficient (Wildman–Crippen LogP) is 6.78. The van der Waals surface area contributed by atoms with Crippen molar-refractivity contribution in [1.82, 2.24) is 25.1 Å². The van der Waals surface area contributed by atoms with E-state index in [1.165, 1.54) is 4.90 Å². The molecule has 0 unspecified atom stereocenters. The summed E-state index contributed by atoms with van der Waals surface area (Å²) in [6, 6.07) is 9.53. The number of hydrogen-bond donors (Lipinski definition) is 3. The molecule has 4 amide bonds. The number of carbonyl (C=O) groups is 5. The molecule has 13 heteroatoms. The molecule has 0 bridgehead atoms. The molecule has 3 N–H and O–H groups in total. The Kier molecular flexibility index (Phi) is 13.1. The van der Waals surface area contributed by atoms with Crippen LogP contribution in [0.3, 0.4) is 0 Å². The van der Waals surface area contributed by atoms with E-state index in [0.29, 0.717) is 53.2 Å². The van der Waals surface area contributed by atoms with Gasteiger partial charge in [-0.05, 0) is 104 Å². The van der Waals surface area contributed by atoms with E-state index in [-0.39, 0.29) is 24.4 Å². The predicted molar refractivity (Wildman–Crippen MR) is 192 cm³/mol. The van der Waals surface area contributed by atoms with Crippen LogP contribution in [0, 0.1) is 6.92 Å². The molecule has 0 spiro atoms. The van der Waals surface area contributed by atoms with Crippen LogP contribution in [0.25, 0.3) is 11.0 Å². The smallest absolute Gasteiger partial charge is 0.410 e. The summed E-state index contributed by atoms with van der Waals surface area (Å²) in [6.07, 6.45) is 0.366. The van der Waals surface area contributed by atoms with Gasteiger partial charge in [0.2, 0.25) is 5.91 Å². The van der Waals surface area contributed by atoms with E-state index in [1.54, 1.807) is 69.0 Å². The number of rotatable bonds is 13. The van der Waals surface area contributed by atoms with Gasteiger partial charge in [0.25, 0.3) is 5.91 Å². The summed E-state index contributed by atoms with van der Waals surface area (Å²) in [6.45, 7) is 18.5. The largest absolute Gasteiger partial charge is 0.444 e. The average molecular weight is 693 g/mol. The molecule has 0 saturated heterocycles. The number of hydrogen-bond acceptors (Lipinski definition) is 8. The second-order valence-corrected chi connectivity index (χ2v) is 14.2. The van der Waals surface area contributed by atoms with Gasteiger partial charge in [-0.15, -0.1) is 0 Å². The Morgan fingerprint density at radius 3 is 2.16 bits per heavy atom. The zero-order chi connectivity index (χ0) is 37.4. The Balaban J connectivity index is 1.67. The zero-order valence-corrected chi connectivity index (χ0v) is 31.0. The molecule has 0 fully saturated rings. The normalized spacial score (nSPS) is 12.2. The number of H-pyrrole nitrogens is 1. The van der Waals surface area contributed by atoms with Crippen molar-refractivity contribution in [1.29, 1.82) is 0 Å². The number of anilines is 1. The molecule has 1 heterocycles. The molecule has 0 radical (unpaired) electrons. The summed E-state index contributed by atoms with van der Waals surface area (Å²) >= 11 is 0. The SMILES string of the molecule is CCCN(CC(=O)Nc1cccc(C(=O)NCC(=O)c2ccc3nc([C@H](C)N(CCC)C(=O)OC(C)(C)C)[nH]c3c2)c1C)C(=O)OC(C)(C)C. The van der Waals surface area contributed by atoms with Gasteiger partial charge >= 0.3 is 12.2 Å². The van der Waals surface area contributed by atoms with Crippen molar-refractivity contribution in [3.05, 3.63) is 58.9 Å². The lowest BCUT2D eigenvalue weighted by Gasteiger charge is -2.30. The molecule has 272 valence electrons. The third-order valence-corrected chi connectivity index (χ3v) is 7.52. The number of nitrogens with zero attached hydrogens (tertiary/aromatic N) is 3. The van der Waals surface area contributed by atoms with Crippen LogP contribution in [-0.2, 0) is 14.3 Å².